The van der Waals surface area contributed by atoms with E-state index in [2.05, 4.69) is 22.3 Å². The van der Waals surface area contributed by atoms with Gasteiger partial charge in [0, 0.05) is 6.07 Å². The highest BCUT2D eigenvalue weighted by Gasteiger charge is 2.31. The van der Waals surface area contributed by atoms with Crippen LogP contribution in [-0.4, -0.2) is 33.2 Å². The monoisotopic (exact) mass is 342 g/mol. The Morgan fingerprint density at radius 3 is 2.76 bits per heavy atom. The highest BCUT2D eigenvalue weighted by Crippen LogP contribution is 2.40. The molecule has 1 aliphatic rings. The zero-order valence-electron chi connectivity index (χ0n) is 14.7. The van der Waals surface area contributed by atoms with E-state index in [4.69, 9.17) is 4.74 Å². The number of ether oxygens (including phenoxy) is 1. The lowest BCUT2D eigenvalue weighted by Gasteiger charge is -2.15. The summed E-state index contributed by atoms with van der Waals surface area (Å²) in [6.45, 7) is 5.83. The molecule has 0 unspecified atom stereocenters. The van der Waals surface area contributed by atoms with Gasteiger partial charge in [-0.15, -0.1) is 0 Å². The van der Waals surface area contributed by atoms with E-state index in [1.54, 1.807) is 32.2 Å². The van der Waals surface area contributed by atoms with Gasteiger partial charge in [0.25, 0.3) is 5.91 Å². The molecule has 2 heterocycles. The number of hydrogen-bond acceptors (Lipinski definition) is 5. The molecule has 1 N–H and O–H groups in total. The first-order valence-electron chi connectivity index (χ1n) is 8.51. The summed E-state index contributed by atoms with van der Waals surface area (Å²) in [5.74, 6) is 0.511. The molecule has 7 heteroatoms. The first-order chi connectivity index (χ1) is 12.0. The lowest BCUT2D eigenvalue weighted by atomic mass is 10.2. The molecule has 25 heavy (non-hydrogen) atoms. The van der Waals surface area contributed by atoms with Crippen molar-refractivity contribution in [2.75, 3.05) is 11.9 Å². The van der Waals surface area contributed by atoms with E-state index >= 15 is 0 Å². The van der Waals surface area contributed by atoms with Crippen LogP contribution in [-0.2, 0) is 4.74 Å². The lowest BCUT2D eigenvalue weighted by molar-refractivity contribution is 0.0524. The van der Waals surface area contributed by atoms with Gasteiger partial charge < -0.3 is 10.1 Å². The fourth-order valence-corrected chi connectivity index (χ4v) is 2.81. The Bertz CT molecular complexity index is 795. The number of rotatable bonds is 6. The first kappa shape index (κ1) is 17.1. The fourth-order valence-electron chi connectivity index (χ4n) is 2.81. The number of carbonyl (C=O) groups is 2. The Morgan fingerprint density at radius 2 is 2.12 bits per heavy atom. The maximum Gasteiger partial charge on any atom is 0.339 e. The summed E-state index contributed by atoms with van der Waals surface area (Å²) < 4.78 is 6.82. The number of aromatic nitrogens is 3. The summed E-state index contributed by atoms with van der Waals surface area (Å²) in [6, 6.07) is 5.13. The van der Waals surface area contributed by atoms with Gasteiger partial charge >= 0.3 is 5.97 Å². The standard InChI is InChI=1S/C18H22N4O3/c1-4-25-18(24)14-7-8-15(20-11(14)2)17(23)21-16-9-10-19-22(16)12(3)13-5-6-13/h7-10,12-13H,4-6H2,1-3H3,(H,21,23)/t12-/m1/s1. The minimum Gasteiger partial charge on any atom is -0.462 e. The van der Waals surface area contributed by atoms with Crippen molar-refractivity contribution < 1.29 is 14.3 Å². The third-order valence-electron chi connectivity index (χ3n) is 4.42. The van der Waals surface area contributed by atoms with Crippen molar-refractivity contribution in [3.63, 3.8) is 0 Å². The molecule has 3 rings (SSSR count). The van der Waals surface area contributed by atoms with E-state index in [-0.39, 0.29) is 17.6 Å². The van der Waals surface area contributed by atoms with E-state index in [1.807, 2.05) is 4.68 Å². The van der Waals surface area contributed by atoms with Crippen LogP contribution in [0.15, 0.2) is 24.4 Å². The van der Waals surface area contributed by atoms with Gasteiger partial charge in [-0.05, 0) is 51.7 Å². The maximum absolute atomic E-state index is 12.5. The van der Waals surface area contributed by atoms with E-state index in [9.17, 15) is 9.59 Å². The predicted octanol–water partition coefficient (Wildman–Crippen LogP) is 2.99. The van der Waals surface area contributed by atoms with Crippen LogP contribution in [0.25, 0.3) is 0 Å². The summed E-state index contributed by atoms with van der Waals surface area (Å²) >= 11 is 0. The lowest BCUT2D eigenvalue weighted by Crippen LogP contribution is -2.20. The van der Waals surface area contributed by atoms with Gasteiger partial charge in [-0.3, -0.25) is 4.79 Å². The second-order valence-electron chi connectivity index (χ2n) is 6.24. The molecule has 2 aromatic rings. The molecule has 1 fully saturated rings. The van der Waals surface area contributed by atoms with Crippen molar-refractivity contribution in [1.29, 1.82) is 0 Å². The van der Waals surface area contributed by atoms with Crippen molar-refractivity contribution in [2.24, 2.45) is 5.92 Å². The van der Waals surface area contributed by atoms with Crippen molar-refractivity contribution in [3.8, 4) is 0 Å². The highest BCUT2D eigenvalue weighted by atomic mass is 16.5. The van der Waals surface area contributed by atoms with Crippen LogP contribution in [0.3, 0.4) is 0 Å². The second-order valence-corrected chi connectivity index (χ2v) is 6.24. The number of nitrogens with zero attached hydrogens (tertiary/aromatic N) is 3. The van der Waals surface area contributed by atoms with Crippen molar-refractivity contribution in [2.45, 2.75) is 39.7 Å². The third kappa shape index (κ3) is 3.70. The molecule has 0 saturated heterocycles. The predicted molar refractivity (Wildman–Crippen MR) is 92.5 cm³/mol. The van der Waals surface area contributed by atoms with Crippen LogP contribution in [0.1, 0.15) is 59.3 Å². The minimum absolute atomic E-state index is 0.248. The molecule has 0 aromatic carbocycles. The van der Waals surface area contributed by atoms with Crippen LogP contribution in [0.5, 0.6) is 0 Å². The Morgan fingerprint density at radius 1 is 1.36 bits per heavy atom. The van der Waals surface area contributed by atoms with Crippen LogP contribution in [0.4, 0.5) is 5.82 Å². The van der Waals surface area contributed by atoms with E-state index in [0.717, 1.165) is 0 Å². The second kappa shape index (κ2) is 7.04. The molecule has 2 aromatic heterocycles. The summed E-state index contributed by atoms with van der Waals surface area (Å²) in [5.41, 5.74) is 1.08. The molecular weight excluding hydrogens is 320 g/mol. The molecule has 1 atom stereocenters. The molecule has 7 nitrogen and oxygen atoms in total. The zero-order chi connectivity index (χ0) is 18.0. The maximum atomic E-state index is 12.5. The van der Waals surface area contributed by atoms with Crippen LogP contribution in [0, 0.1) is 12.8 Å². The summed E-state index contributed by atoms with van der Waals surface area (Å²) in [5, 5.41) is 7.17. The average molecular weight is 342 g/mol. The molecule has 0 bridgehead atoms. The Kier molecular flexibility index (Phi) is 4.83. The summed E-state index contributed by atoms with van der Waals surface area (Å²) in [4.78, 5) is 28.6. The Balaban J connectivity index is 1.75. The number of amides is 1. The SMILES string of the molecule is CCOC(=O)c1ccc(C(=O)Nc2ccnn2[C@H](C)C2CC2)nc1C. The normalized spacial score (nSPS) is 14.8. The van der Waals surface area contributed by atoms with Crippen molar-refractivity contribution >= 4 is 17.7 Å². The number of esters is 1. The molecule has 1 aliphatic carbocycles. The van der Waals surface area contributed by atoms with Gasteiger partial charge in [0.15, 0.2) is 0 Å². The fraction of sp³-hybridized carbons (Fsp3) is 0.444. The van der Waals surface area contributed by atoms with Crippen LogP contribution >= 0.6 is 0 Å². The van der Waals surface area contributed by atoms with Crippen molar-refractivity contribution in [3.05, 3.63) is 41.3 Å². The summed E-state index contributed by atoms with van der Waals surface area (Å²) in [6.07, 6.45) is 4.08. The molecule has 0 radical (unpaired) electrons. The number of aryl methyl sites for hydroxylation is 1. The molecule has 132 valence electrons. The topological polar surface area (TPSA) is 86.1 Å². The number of anilines is 1. The minimum atomic E-state index is -0.434. The smallest absolute Gasteiger partial charge is 0.339 e. The molecule has 1 saturated carbocycles. The van der Waals surface area contributed by atoms with Gasteiger partial charge in [-0.2, -0.15) is 5.10 Å². The number of pyridine rings is 1. The first-order valence-corrected chi connectivity index (χ1v) is 8.51. The van der Waals surface area contributed by atoms with Crippen molar-refractivity contribution in [1.82, 2.24) is 14.8 Å². The van der Waals surface area contributed by atoms with Gasteiger partial charge in [0.2, 0.25) is 0 Å². The van der Waals surface area contributed by atoms with Gasteiger partial charge in [0.05, 0.1) is 30.1 Å². The van der Waals surface area contributed by atoms with Crippen LogP contribution in [0.2, 0.25) is 0 Å². The number of hydrogen-bond donors (Lipinski definition) is 1. The van der Waals surface area contributed by atoms with E-state index < -0.39 is 5.97 Å². The number of nitrogens with one attached hydrogen (secondary N) is 1. The van der Waals surface area contributed by atoms with Crippen LogP contribution < -0.4 is 5.32 Å². The largest absolute Gasteiger partial charge is 0.462 e. The highest BCUT2D eigenvalue weighted by molar-refractivity contribution is 6.03. The van der Waals surface area contributed by atoms with Gasteiger partial charge in [-0.25, -0.2) is 14.5 Å². The van der Waals surface area contributed by atoms with E-state index in [0.29, 0.717) is 29.6 Å². The molecule has 0 aliphatic heterocycles. The van der Waals surface area contributed by atoms with Gasteiger partial charge in [0.1, 0.15) is 11.5 Å². The quantitative estimate of drug-likeness (QED) is 0.816. The third-order valence-corrected chi connectivity index (χ3v) is 4.42. The zero-order valence-corrected chi connectivity index (χ0v) is 14.7. The molecule has 1 amide bonds. The molecule has 0 spiro atoms. The van der Waals surface area contributed by atoms with E-state index in [1.165, 1.54) is 18.9 Å². The summed E-state index contributed by atoms with van der Waals surface area (Å²) in [7, 11) is 0. The average Bonchev–Trinajstić information content (AvgIpc) is 3.34. The molecular formula is C18H22N4O3. The Labute approximate surface area is 146 Å². The Hall–Kier alpha value is -2.70. The number of carbonyl (C=O) groups excluding carboxylic acids is 2. The van der Waals surface area contributed by atoms with Gasteiger partial charge in [-0.1, -0.05) is 0 Å².